The molecular weight excluding hydrogens is 264 g/mol. The Balaban J connectivity index is 1.67. The standard InChI is InChI=1S/C18H20O3/c19-15-20-14-17-10-6-11-18(13-17)21-12-5-4-9-16-7-2-1-3-8-16/h1-3,6-8,10-11,13,15H,4-5,9,12,14H2. The minimum absolute atomic E-state index is 0.286. The molecule has 3 heteroatoms. The van der Waals surface area contributed by atoms with Gasteiger partial charge in [0.15, 0.2) is 0 Å². The summed E-state index contributed by atoms with van der Waals surface area (Å²) in [5.41, 5.74) is 2.30. The first-order chi connectivity index (χ1) is 10.4. The molecule has 0 aliphatic heterocycles. The van der Waals surface area contributed by atoms with Crippen LogP contribution in [0.25, 0.3) is 0 Å². The van der Waals surface area contributed by atoms with Crippen LogP contribution in [-0.2, 0) is 22.6 Å². The fourth-order valence-corrected chi connectivity index (χ4v) is 2.12. The van der Waals surface area contributed by atoms with Crippen LogP contribution in [-0.4, -0.2) is 13.1 Å². The molecule has 2 aromatic carbocycles. The van der Waals surface area contributed by atoms with E-state index in [2.05, 4.69) is 24.3 Å². The smallest absolute Gasteiger partial charge is 0.293 e. The SMILES string of the molecule is O=COCc1cccc(OCCCCc2ccccc2)c1. The maximum atomic E-state index is 10.2. The lowest BCUT2D eigenvalue weighted by atomic mass is 10.1. The van der Waals surface area contributed by atoms with Crippen LogP contribution in [0.3, 0.4) is 0 Å². The molecule has 0 heterocycles. The number of rotatable bonds is 9. The summed E-state index contributed by atoms with van der Waals surface area (Å²) >= 11 is 0. The topological polar surface area (TPSA) is 35.5 Å². The molecule has 0 saturated carbocycles. The fourth-order valence-electron chi connectivity index (χ4n) is 2.12. The molecule has 0 fully saturated rings. The molecular formula is C18H20O3. The Morgan fingerprint density at radius 1 is 0.905 bits per heavy atom. The molecule has 21 heavy (non-hydrogen) atoms. The molecule has 0 N–H and O–H groups in total. The average Bonchev–Trinajstić information content (AvgIpc) is 2.54. The lowest BCUT2D eigenvalue weighted by Gasteiger charge is -2.08. The average molecular weight is 284 g/mol. The predicted molar refractivity (Wildman–Crippen MR) is 82.2 cm³/mol. The molecule has 110 valence electrons. The van der Waals surface area contributed by atoms with E-state index in [4.69, 9.17) is 9.47 Å². The molecule has 2 aromatic rings. The van der Waals surface area contributed by atoms with Crippen LogP contribution in [0.5, 0.6) is 5.75 Å². The van der Waals surface area contributed by atoms with E-state index in [9.17, 15) is 4.79 Å². The summed E-state index contributed by atoms with van der Waals surface area (Å²) in [5.74, 6) is 0.821. The zero-order valence-electron chi connectivity index (χ0n) is 12.0. The van der Waals surface area contributed by atoms with Crippen molar-refractivity contribution in [3.63, 3.8) is 0 Å². The molecule has 3 nitrogen and oxygen atoms in total. The Bertz CT molecular complexity index is 537. The summed E-state index contributed by atoms with van der Waals surface area (Å²) in [6, 6.07) is 18.1. The Labute approximate surface area is 125 Å². The van der Waals surface area contributed by atoms with Crippen molar-refractivity contribution in [2.24, 2.45) is 0 Å². The van der Waals surface area contributed by atoms with Gasteiger partial charge in [0.2, 0.25) is 0 Å². The van der Waals surface area contributed by atoms with Gasteiger partial charge in [-0.25, -0.2) is 0 Å². The maximum Gasteiger partial charge on any atom is 0.293 e. The normalized spacial score (nSPS) is 10.1. The number of benzene rings is 2. The van der Waals surface area contributed by atoms with Gasteiger partial charge in [-0.2, -0.15) is 0 Å². The van der Waals surface area contributed by atoms with Crippen molar-refractivity contribution in [3.8, 4) is 5.75 Å². The van der Waals surface area contributed by atoms with E-state index in [0.717, 1.165) is 30.6 Å². The second-order valence-corrected chi connectivity index (χ2v) is 4.85. The Kier molecular flexibility index (Phi) is 6.33. The lowest BCUT2D eigenvalue weighted by Crippen LogP contribution is -1.99. The highest BCUT2D eigenvalue weighted by atomic mass is 16.5. The maximum absolute atomic E-state index is 10.2. The van der Waals surface area contributed by atoms with Crippen LogP contribution in [0.15, 0.2) is 54.6 Å². The van der Waals surface area contributed by atoms with Gasteiger partial charge < -0.3 is 9.47 Å². The molecule has 0 aromatic heterocycles. The summed E-state index contributed by atoms with van der Waals surface area (Å²) in [4.78, 5) is 10.2. The highest BCUT2D eigenvalue weighted by molar-refractivity contribution is 5.38. The third kappa shape index (κ3) is 5.69. The molecule has 0 aliphatic rings. The summed E-state index contributed by atoms with van der Waals surface area (Å²) in [6.07, 6.45) is 3.21. The van der Waals surface area contributed by atoms with E-state index in [-0.39, 0.29) is 6.61 Å². The molecule has 0 saturated heterocycles. The Hall–Kier alpha value is -2.29. The van der Waals surface area contributed by atoms with Crippen molar-refractivity contribution in [3.05, 3.63) is 65.7 Å². The summed E-state index contributed by atoms with van der Waals surface area (Å²) in [5, 5.41) is 0. The van der Waals surface area contributed by atoms with Gasteiger partial charge in [0.1, 0.15) is 12.4 Å². The van der Waals surface area contributed by atoms with E-state index < -0.39 is 0 Å². The molecule has 0 radical (unpaired) electrons. The number of aryl methyl sites for hydroxylation is 1. The second kappa shape index (κ2) is 8.80. The van der Waals surface area contributed by atoms with Gasteiger partial charge in [-0.15, -0.1) is 0 Å². The van der Waals surface area contributed by atoms with Crippen molar-refractivity contribution in [1.29, 1.82) is 0 Å². The third-order valence-corrected chi connectivity index (χ3v) is 3.19. The molecule has 2 rings (SSSR count). The van der Waals surface area contributed by atoms with E-state index in [0.29, 0.717) is 13.1 Å². The van der Waals surface area contributed by atoms with Crippen LogP contribution in [0.1, 0.15) is 24.0 Å². The van der Waals surface area contributed by atoms with Crippen molar-refractivity contribution >= 4 is 6.47 Å². The van der Waals surface area contributed by atoms with Crippen molar-refractivity contribution in [2.75, 3.05) is 6.61 Å². The van der Waals surface area contributed by atoms with Gasteiger partial charge in [0, 0.05) is 0 Å². The van der Waals surface area contributed by atoms with Gasteiger partial charge in [0.05, 0.1) is 6.61 Å². The fraction of sp³-hybridized carbons (Fsp3) is 0.278. The van der Waals surface area contributed by atoms with E-state index >= 15 is 0 Å². The van der Waals surface area contributed by atoms with E-state index in [1.54, 1.807) is 0 Å². The minimum Gasteiger partial charge on any atom is -0.494 e. The minimum atomic E-state index is 0.286. The first kappa shape index (κ1) is 15.1. The summed E-state index contributed by atoms with van der Waals surface area (Å²) in [7, 11) is 0. The molecule has 0 atom stereocenters. The number of hydrogen-bond donors (Lipinski definition) is 0. The third-order valence-electron chi connectivity index (χ3n) is 3.19. The Morgan fingerprint density at radius 2 is 1.71 bits per heavy atom. The van der Waals surface area contributed by atoms with Gasteiger partial charge in [-0.3, -0.25) is 4.79 Å². The zero-order valence-corrected chi connectivity index (χ0v) is 12.0. The first-order valence-corrected chi connectivity index (χ1v) is 7.19. The molecule has 0 spiro atoms. The quantitative estimate of drug-likeness (QED) is 0.519. The number of carbonyl (C=O) groups is 1. The Morgan fingerprint density at radius 3 is 2.52 bits per heavy atom. The van der Waals surface area contributed by atoms with Crippen LogP contribution in [0.4, 0.5) is 0 Å². The number of carbonyl (C=O) groups excluding carboxylic acids is 1. The van der Waals surface area contributed by atoms with Gasteiger partial charge in [0.25, 0.3) is 6.47 Å². The van der Waals surface area contributed by atoms with Crippen LogP contribution in [0.2, 0.25) is 0 Å². The predicted octanol–water partition coefficient (Wildman–Crippen LogP) is 3.76. The van der Waals surface area contributed by atoms with Gasteiger partial charge >= 0.3 is 0 Å². The van der Waals surface area contributed by atoms with Crippen molar-refractivity contribution < 1.29 is 14.3 Å². The molecule has 0 amide bonds. The monoisotopic (exact) mass is 284 g/mol. The molecule has 0 aliphatic carbocycles. The van der Waals surface area contributed by atoms with Crippen LogP contribution < -0.4 is 4.74 Å². The number of hydrogen-bond acceptors (Lipinski definition) is 3. The van der Waals surface area contributed by atoms with E-state index in [1.807, 2.05) is 30.3 Å². The summed E-state index contributed by atoms with van der Waals surface area (Å²) in [6.45, 7) is 1.44. The molecule has 0 unspecified atom stereocenters. The number of ether oxygens (including phenoxy) is 2. The van der Waals surface area contributed by atoms with E-state index in [1.165, 1.54) is 5.56 Å². The summed E-state index contributed by atoms with van der Waals surface area (Å²) < 4.78 is 10.5. The molecule has 0 bridgehead atoms. The highest BCUT2D eigenvalue weighted by Crippen LogP contribution is 2.14. The highest BCUT2D eigenvalue weighted by Gasteiger charge is 1.98. The van der Waals surface area contributed by atoms with Gasteiger partial charge in [-0.1, -0.05) is 42.5 Å². The van der Waals surface area contributed by atoms with Crippen LogP contribution in [0, 0.1) is 0 Å². The van der Waals surface area contributed by atoms with Gasteiger partial charge in [-0.05, 0) is 42.5 Å². The largest absolute Gasteiger partial charge is 0.494 e. The van der Waals surface area contributed by atoms with Crippen molar-refractivity contribution in [1.82, 2.24) is 0 Å². The first-order valence-electron chi connectivity index (χ1n) is 7.19. The number of unbranched alkanes of at least 4 members (excludes halogenated alkanes) is 1. The lowest BCUT2D eigenvalue weighted by molar-refractivity contribution is -0.129. The van der Waals surface area contributed by atoms with Crippen molar-refractivity contribution in [2.45, 2.75) is 25.9 Å². The second-order valence-electron chi connectivity index (χ2n) is 4.85. The van der Waals surface area contributed by atoms with Crippen LogP contribution >= 0.6 is 0 Å². The zero-order chi connectivity index (χ0) is 14.8.